The molecule has 0 atom stereocenters. The lowest BCUT2D eigenvalue weighted by Crippen LogP contribution is -2.27. The summed E-state index contributed by atoms with van der Waals surface area (Å²) < 4.78 is 8.23. The van der Waals surface area contributed by atoms with Crippen LogP contribution in [0, 0.1) is 0 Å². The average Bonchev–Trinajstić information content (AvgIpc) is 2.67. The first-order valence-electron chi connectivity index (χ1n) is 6.13. The second kappa shape index (κ2) is 4.90. The van der Waals surface area contributed by atoms with Gasteiger partial charge in [-0.15, -0.1) is 11.3 Å². The third-order valence-corrected chi connectivity index (χ3v) is 5.51. The Morgan fingerprint density at radius 2 is 1.95 bits per heavy atom. The molecule has 1 aliphatic heterocycles. The Bertz CT molecular complexity index is 719. The molecule has 0 spiro atoms. The first-order valence-corrected chi connectivity index (χ1v) is 8.53. The fourth-order valence-electron chi connectivity index (χ4n) is 2.20. The number of hydrogen-bond donors (Lipinski definition) is 1. The summed E-state index contributed by atoms with van der Waals surface area (Å²) >= 11 is 8.69. The lowest BCUT2D eigenvalue weighted by atomic mass is 9.97. The molecule has 104 valence electrons. The molecule has 0 unspecified atom stereocenters. The summed E-state index contributed by atoms with van der Waals surface area (Å²) in [6, 6.07) is 6.08. The second-order valence-corrected chi connectivity index (χ2v) is 8.47. The molecule has 2 N–H and O–H groups in total. The maximum Gasteiger partial charge on any atom is 0.136 e. The van der Waals surface area contributed by atoms with Crippen LogP contribution in [-0.4, -0.2) is 5.60 Å². The highest BCUT2D eigenvalue weighted by atomic mass is 79.9. The molecule has 20 heavy (non-hydrogen) atoms. The van der Waals surface area contributed by atoms with Crippen molar-refractivity contribution in [3.8, 4) is 16.9 Å². The van der Waals surface area contributed by atoms with Gasteiger partial charge in [-0.1, -0.05) is 22.0 Å². The van der Waals surface area contributed by atoms with Crippen LogP contribution in [0.15, 0.2) is 32.5 Å². The van der Waals surface area contributed by atoms with Gasteiger partial charge in [0.25, 0.3) is 0 Å². The summed E-state index contributed by atoms with van der Waals surface area (Å²) in [6.45, 7) is 4.10. The van der Waals surface area contributed by atoms with Gasteiger partial charge < -0.3 is 10.5 Å². The van der Waals surface area contributed by atoms with Gasteiger partial charge in [-0.2, -0.15) is 0 Å². The third kappa shape index (κ3) is 2.43. The summed E-state index contributed by atoms with van der Waals surface area (Å²) in [6.07, 6.45) is 4.18. The smallest absolute Gasteiger partial charge is 0.136 e. The zero-order valence-electron chi connectivity index (χ0n) is 11.0. The number of rotatable bonds is 1. The van der Waals surface area contributed by atoms with Gasteiger partial charge in [0, 0.05) is 21.2 Å². The molecule has 0 radical (unpaired) electrons. The van der Waals surface area contributed by atoms with Crippen LogP contribution < -0.4 is 10.5 Å². The van der Waals surface area contributed by atoms with Crippen molar-refractivity contribution in [2.24, 2.45) is 0 Å². The molecule has 0 fully saturated rings. The normalized spacial score (nSPS) is 15.8. The van der Waals surface area contributed by atoms with E-state index >= 15 is 0 Å². The molecular weight excluding hydrogens is 402 g/mol. The summed E-state index contributed by atoms with van der Waals surface area (Å²) in [5.41, 5.74) is 8.79. The van der Waals surface area contributed by atoms with E-state index in [9.17, 15) is 0 Å². The molecule has 0 bridgehead atoms. The van der Waals surface area contributed by atoms with Gasteiger partial charge in [-0.05, 0) is 54.1 Å². The van der Waals surface area contributed by atoms with E-state index in [0.29, 0.717) is 0 Å². The summed E-state index contributed by atoms with van der Waals surface area (Å²) in [5, 5.41) is 0.786. The molecule has 2 heterocycles. The number of thiophene rings is 1. The highest BCUT2D eigenvalue weighted by Gasteiger charge is 2.26. The van der Waals surface area contributed by atoms with Crippen LogP contribution >= 0.6 is 43.2 Å². The minimum absolute atomic E-state index is 0.309. The average molecular weight is 415 g/mol. The Kier molecular flexibility index (Phi) is 3.47. The predicted molar refractivity (Wildman–Crippen MR) is 93.3 cm³/mol. The molecule has 1 aromatic carbocycles. The van der Waals surface area contributed by atoms with Crippen LogP contribution in [0.5, 0.6) is 5.75 Å². The van der Waals surface area contributed by atoms with Gasteiger partial charge in [0.2, 0.25) is 0 Å². The molecule has 2 aromatic rings. The molecule has 0 saturated carbocycles. The Hall–Kier alpha value is -0.780. The Morgan fingerprint density at radius 1 is 1.20 bits per heavy atom. The van der Waals surface area contributed by atoms with E-state index in [4.69, 9.17) is 10.5 Å². The second-order valence-electron chi connectivity index (χ2n) is 5.21. The fraction of sp³-hybridized carbons (Fsp3) is 0.200. The largest absolute Gasteiger partial charge is 0.482 e. The van der Waals surface area contributed by atoms with Gasteiger partial charge >= 0.3 is 0 Å². The van der Waals surface area contributed by atoms with Crippen molar-refractivity contribution in [3.05, 3.63) is 38.1 Å². The van der Waals surface area contributed by atoms with Gasteiger partial charge in [0.1, 0.15) is 11.4 Å². The van der Waals surface area contributed by atoms with E-state index in [1.807, 2.05) is 26.0 Å². The zero-order chi connectivity index (χ0) is 14.5. The van der Waals surface area contributed by atoms with Gasteiger partial charge in [0.15, 0.2) is 0 Å². The van der Waals surface area contributed by atoms with E-state index in [0.717, 1.165) is 35.7 Å². The van der Waals surface area contributed by atoms with E-state index < -0.39 is 0 Å². The highest BCUT2D eigenvalue weighted by molar-refractivity contribution is 9.11. The zero-order valence-corrected chi connectivity index (χ0v) is 15.0. The highest BCUT2D eigenvalue weighted by Crippen LogP contribution is 2.47. The fourth-order valence-corrected chi connectivity index (χ4v) is 4.20. The molecule has 2 nitrogen and oxygen atoms in total. The van der Waals surface area contributed by atoms with Crippen LogP contribution in [0.2, 0.25) is 0 Å². The van der Waals surface area contributed by atoms with Crippen molar-refractivity contribution < 1.29 is 4.74 Å². The lowest BCUT2D eigenvalue weighted by molar-refractivity contribution is 0.160. The minimum atomic E-state index is -0.309. The van der Waals surface area contributed by atoms with E-state index in [2.05, 4.69) is 50.1 Å². The van der Waals surface area contributed by atoms with Crippen molar-refractivity contribution >= 4 is 54.3 Å². The summed E-state index contributed by atoms with van der Waals surface area (Å²) in [7, 11) is 0. The van der Waals surface area contributed by atoms with Gasteiger partial charge in [-0.25, -0.2) is 0 Å². The number of nitrogens with two attached hydrogens (primary N) is 1. The van der Waals surface area contributed by atoms with Crippen LogP contribution in [0.3, 0.4) is 0 Å². The number of ether oxygens (including phenoxy) is 1. The third-order valence-electron chi connectivity index (χ3n) is 3.16. The molecule has 1 aliphatic rings. The topological polar surface area (TPSA) is 35.2 Å². The number of nitrogen functional groups attached to an aromatic ring is 1. The first-order chi connectivity index (χ1) is 9.37. The van der Waals surface area contributed by atoms with Crippen molar-refractivity contribution in [2.75, 3.05) is 5.73 Å². The van der Waals surface area contributed by atoms with Crippen molar-refractivity contribution in [1.82, 2.24) is 0 Å². The number of anilines is 1. The number of halogens is 2. The minimum Gasteiger partial charge on any atom is -0.482 e. The van der Waals surface area contributed by atoms with Crippen LogP contribution in [0.4, 0.5) is 5.00 Å². The predicted octanol–water partition coefficient (Wildman–Crippen LogP) is 5.71. The summed E-state index contributed by atoms with van der Waals surface area (Å²) in [5.74, 6) is 0.894. The molecule has 0 saturated heterocycles. The van der Waals surface area contributed by atoms with E-state index in [-0.39, 0.29) is 5.60 Å². The lowest BCUT2D eigenvalue weighted by Gasteiger charge is -2.30. The standard InChI is InChI=1S/C15H13Br2NOS/c1-15(2)6-5-9-11(16)4-3-8(13(9)19-15)10-7-12(18)20-14(10)17/h3-7H,18H2,1-2H3. The molecule has 0 aliphatic carbocycles. The van der Waals surface area contributed by atoms with Crippen LogP contribution in [0.25, 0.3) is 17.2 Å². The van der Waals surface area contributed by atoms with Gasteiger partial charge in [0.05, 0.1) is 8.79 Å². The van der Waals surface area contributed by atoms with Gasteiger partial charge in [-0.3, -0.25) is 0 Å². The number of hydrogen-bond acceptors (Lipinski definition) is 3. The molecule has 1 aromatic heterocycles. The van der Waals surface area contributed by atoms with E-state index in [1.165, 1.54) is 11.3 Å². The summed E-state index contributed by atoms with van der Waals surface area (Å²) in [4.78, 5) is 0. The van der Waals surface area contributed by atoms with E-state index in [1.54, 1.807) is 0 Å². The number of benzene rings is 1. The Labute approximate surface area is 138 Å². The Morgan fingerprint density at radius 3 is 2.60 bits per heavy atom. The molecule has 5 heteroatoms. The maximum absolute atomic E-state index is 6.18. The maximum atomic E-state index is 6.18. The monoisotopic (exact) mass is 413 g/mol. The van der Waals surface area contributed by atoms with Crippen LogP contribution in [0.1, 0.15) is 19.4 Å². The SMILES string of the molecule is CC1(C)C=Cc2c(Br)ccc(-c3cc(N)sc3Br)c2O1. The van der Waals surface area contributed by atoms with Crippen molar-refractivity contribution in [3.63, 3.8) is 0 Å². The Balaban J connectivity index is 2.24. The number of fused-ring (bicyclic) bond motifs is 1. The van der Waals surface area contributed by atoms with Crippen molar-refractivity contribution in [2.45, 2.75) is 19.4 Å². The quantitative estimate of drug-likeness (QED) is 0.648. The molecule has 3 rings (SSSR count). The molecular formula is C15H13Br2NOS. The molecule has 0 amide bonds. The van der Waals surface area contributed by atoms with Crippen molar-refractivity contribution in [1.29, 1.82) is 0 Å². The first kappa shape index (κ1) is 14.2. The van der Waals surface area contributed by atoms with Crippen LogP contribution in [-0.2, 0) is 0 Å².